The van der Waals surface area contributed by atoms with E-state index in [1.54, 1.807) is 6.33 Å². The van der Waals surface area contributed by atoms with Crippen molar-refractivity contribution in [3.05, 3.63) is 17.6 Å². The Morgan fingerprint density at radius 3 is 3.12 bits per heavy atom. The molecule has 1 fully saturated rings. The predicted octanol–water partition coefficient (Wildman–Crippen LogP) is 1.80. The van der Waals surface area contributed by atoms with E-state index >= 15 is 0 Å². The lowest BCUT2D eigenvalue weighted by Crippen LogP contribution is -2.13. The fourth-order valence-electron chi connectivity index (χ4n) is 2.29. The Hall–Kier alpha value is -1.16. The highest BCUT2D eigenvalue weighted by atomic mass is 16.5. The van der Waals surface area contributed by atoms with Gasteiger partial charge in [0.05, 0.1) is 6.61 Å². The van der Waals surface area contributed by atoms with Crippen LogP contribution < -0.4 is 5.32 Å². The molecule has 4 nitrogen and oxygen atoms in total. The second-order valence-electron chi connectivity index (χ2n) is 4.95. The molecule has 0 bridgehead atoms. The van der Waals surface area contributed by atoms with E-state index in [2.05, 4.69) is 15.3 Å². The molecule has 0 atom stereocenters. The summed E-state index contributed by atoms with van der Waals surface area (Å²) in [6, 6.07) is 0. The highest BCUT2D eigenvalue weighted by molar-refractivity contribution is 5.47. The minimum Gasteiger partial charge on any atom is -0.379 e. The number of anilines is 1. The maximum atomic E-state index is 5.59. The maximum absolute atomic E-state index is 5.59. The minimum absolute atomic E-state index is 0.773. The van der Waals surface area contributed by atoms with Gasteiger partial charge in [0.1, 0.15) is 12.1 Å². The fraction of sp³-hybridized carbons (Fsp3) is 0.692. The third kappa shape index (κ3) is 2.75. The molecule has 1 aromatic heterocycles. The molecule has 1 N–H and O–H groups in total. The molecule has 0 radical (unpaired) electrons. The van der Waals surface area contributed by atoms with E-state index in [0.717, 1.165) is 44.3 Å². The zero-order valence-electron chi connectivity index (χ0n) is 10.1. The molecule has 2 aliphatic rings. The molecule has 1 aromatic rings. The van der Waals surface area contributed by atoms with Crippen molar-refractivity contribution in [1.82, 2.24) is 9.97 Å². The van der Waals surface area contributed by atoms with Crippen molar-refractivity contribution in [2.45, 2.75) is 32.1 Å². The van der Waals surface area contributed by atoms with Gasteiger partial charge in [0.2, 0.25) is 0 Å². The lowest BCUT2D eigenvalue weighted by atomic mass is 10.2. The quantitative estimate of drug-likeness (QED) is 0.761. The summed E-state index contributed by atoms with van der Waals surface area (Å²) in [7, 11) is 0. The van der Waals surface area contributed by atoms with Gasteiger partial charge in [0.25, 0.3) is 0 Å². The van der Waals surface area contributed by atoms with Gasteiger partial charge in [-0.25, -0.2) is 9.97 Å². The van der Waals surface area contributed by atoms with Gasteiger partial charge in [-0.1, -0.05) is 0 Å². The molecule has 0 aromatic carbocycles. The molecule has 0 unspecified atom stereocenters. The Labute approximate surface area is 102 Å². The molecule has 0 saturated heterocycles. The summed E-state index contributed by atoms with van der Waals surface area (Å²) in [4.78, 5) is 8.63. The molecule has 17 heavy (non-hydrogen) atoms. The molecule has 1 saturated carbocycles. The van der Waals surface area contributed by atoms with E-state index in [4.69, 9.17) is 4.74 Å². The topological polar surface area (TPSA) is 47.0 Å². The molecule has 2 aliphatic carbocycles. The molecular formula is C13H19N3O. The summed E-state index contributed by atoms with van der Waals surface area (Å²) in [5.41, 5.74) is 2.54. The second-order valence-corrected chi connectivity index (χ2v) is 4.95. The van der Waals surface area contributed by atoms with Crippen molar-refractivity contribution >= 4 is 5.82 Å². The summed E-state index contributed by atoms with van der Waals surface area (Å²) in [5, 5.41) is 3.36. The first kappa shape index (κ1) is 11.0. The van der Waals surface area contributed by atoms with Crippen molar-refractivity contribution in [3.63, 3.8) is 0 Å². The van der Waals surface area contributed by atoms with E-state index in [9.17, 15) is 0 Å². The SMILES string of the molecule is c1nc2c(c(NCCOCC3CC3)n1)CCC2. The van der Waals surface area contributed by atoms with Crippen LogP contribution in [0, 0.1) is 5.92 Å². The monoisotopic (exact) mass is 233 g/mol. The average molecular weight is 233 g/mol. The lowest BCUT2D eigenvalue weighted by molar-refractivity contribution is 0.134. The van der Waals surface area contributed by atoms with Crippen molar-refractivity contribution in [2.75, 3.05) is 25.1 Å². The van der Waals surface area contributed by atoms with E-state index in [0.29, 0.717) is 0 Å². The summed E-state index contributed by atoms with van der Waals surface area (Å²) in [5.74, 6) is 1.86. The van der Waals surface area contributed by atoms with Gasteiger partial charge < -0.3 is 10.1 Å². The van der Waals surface area contributed by atoms with Gasteiger partial charge in [-0.05, 0) is 38.0 Å². The number of aromatic nitrogens is 2. The molecule has 1 heterocycles. The Morgan fingerprint density at radius 1 is 1.29 bits per heavy atom. The second kappa shape index (κ2) is 5.00. The van der Waals surface area contributed by atoms with Crippen LogP contribution in [0.15, 0.2) is 6.33 Å². The molecule has 0 amide bonds. The number of hydrogen-bond donors (Lipinski definition) is 1. The van der Waals surface area contributed by atoms with Gasteiger partial charge in [-0.2, -0.15) is 0 Å². The van der Waals surface area contributed by atoms with Crippen LogP contribution in [0.25, 0.3) is 0 Å². The van der Waals surface area contributed by atoms with Crippen LogP contribution in [0.4, 0.5) is 5.82 Å². The Morgan fingerprint density at radius 2 is 2.24 bits per heavy atom. The number of hydrogen-bond acceptors (Lipinski definition) is 4. The zero-order valence-corrected chi connectivity index (χ0v) is 10.1. The zero-order chi connectivity index (χ0) is 11.5. The highest BCUT2D eigenvalue weighted by Crippen LogP contribution is 2.28. The van der Waals surface area contributed by atoms with Gasteiger partial charge >= 0.3 is 0 Å². The first-order valence-electron chi connectivity index (χ1n) is 6.58. The van der Waals surface area contributed by atoms with E-state index in [-0.39, 0.29) is 0 Å². The van der Waals surface area contributed by atoms with Crippen molar-refractivity contribution < 1.29 is 4.74 Å². The summed E-state index contributed by atoms with van der Waals surface area (Å²) in [6.45, 7) is 2.55. The maximum Gasteiger partial charge on any atom is 0.132 e. The third-order valence-corrected chi connectivity index (χ3v) is 3.46. The predicted molar refractivity (Wildman–Crippen MR) is 66.1 cm³/mol. The van der Waals surface area contributed by atoms with Crippen LogP contribution >= 0.6 is 0 Å². The largest absolute Gasteiger partial charge is 0.379 e. The van der Waals surface area contributed by atoms with Crippen LogP contribution in [-0.4, -0.2) is 29.7 Å². The number of nitrogens with zero attached hydrogens (tertiary/aromatic N) is 2. The molecule has 92 valence electrons. The summed E-state index contributed by atoms with van der Waals surface area (Å²) in [6.07, 6.45) is 7.80. The fourth-order valence-corrected chi connectivity index (χ4v) is 2.29. The first-order chi connectivity index (χ1) is 8.43. The van der Waals surface area contributed by atoms with Gasteiger partial charge in [0.15, 0.2) is 0 Å². The number of rotatable bonds is 6. The molecule has 0 aliphatic heterocycles. The van der Waals surface area contributed by atoms with Crippen LogP contribution in [0.5, 0.6) is 0 Å². The highest BCUT2D eigenvalue weighted by Gasteiger charge is 2.21. The Balaban J connectivity index is 1.46. The average Bonchev–Trinajstić information content (AvgIpc) is 3.04. The van der Waals surface area contributed by atoms with Gasteiger partial charge in [-0.3, -0.25) is 0 Å². The minimum atomic E-state index is 0.773. The van der Waals surface area contributed by atoms with Crippen LogP contribution in [0.1, 0.15) is 30.5 Å². The normalized spacial score (nSPS) is 18.1. The van der Waals surface area contributed by atoms with E-state index < -0.39 is 0 Å². The van der Waals surface area contributed by atoms with Crippen LogP contribution in [0.3, 0.4) is 0 Å². The van der Waals surface area contributed by atoms with Crippen LogP contribution in [-0.2, 0) is 17.6 Å². The molecule has 4 heteroatoms. The van der Waals surface area contributed by atoms with Crippen LogP contribution in [0.2, 0.25) is 0 Å². The molecule has 3 rings (SSSR count). The molecular weight excluding hydrogens is 214 g/mol. The van der Waals surface area contributed by atoms with Crippen molar-refractivity contribution in [2.24, 2.45) is 5.92 Å². The van der Waals surface area contributed by atoms with E-state index in [1.807, 2.05) is 0 Å². The summed E-state index contributed by atoms with van der Waals surface area (Å²) >= 11 is 0. The Bertz CT molecular complexity index is 390. The Kier molecular flexibility index (Phi) is 3.22. The molecule has 0 spiro atoms. The van der Waals surface area contributed by atoms with Crippen molar-refractivity contribution in [1.29, 1.82) is 0 Å². The smallest absolute Gasteiger partial charge is 0.132 e. The standard InChI is InChI=1S/C13H19N3O/c1-2-11-12(3-1)15-9-16-13(11)14-6-7-17-8-10-4-5-10/h9-10H,1-8H2,(H,14,15,16). The van der Waals surface area contributed by atoms with Gasteiger partial charge in [-0.15, -0.1) is 0 Å². The first-order valence-corrected chi connectivity index (χ1v) is 6.58. The number of aryl methyl sites for hydroxylation is 1. The van der Waals surface area contributed by atoms with Crippen molar-refractivity contribution in [3.8, 4) is 0 Å². The number of nitrogens with one attached hydrogen (secondary N) is 1. The third-order valence-electron chi connectivity index (χ3n) is 3.46. The number of ether oxygens (including phenoxy) is 1. The van der Waals surface area contributed by atoms with E-state index in [1.165, 1.54) is 30.5 Å². The van der Waals surface area contributed by atoms with Gasteiger partial charge in [0, 0.05) is 24.4 Å². The lowest BCUT2D eigenvalue weighted by Gasteiger charge is -2.09. The number of fused-ring (bicyclic) bond motifs is 1. The summed E-state index contributed by atoms with van der Waals surface area (Å²) < 4.78 is 5.59.